The summed E-state index contributed by atoms with van der Waals surface area (Å²) >= 11 is 5.59. The van der Waals surface area contributed by atoms with Gasteiger partial charge in [0.25, 0.3) is 0 Å². The lowest BCUT2D eigenvalue weighted by molar-refractivity contribution is 0.0470. The molecule has 0 aromatic heterocycles. The number of ether oxygens (including phenoxy) is 3. The molecule has 0 saturated heterocycles. The number of halogens is 1. The van der Waals surface area contributed by atoms with Crippen molar-refractivity contribution in [2.45, 2.75) is 25.7 Å². The maximum Gasteiger partial charge on any atom is 0.407 e. The number of unbranched alkanes of at least 4 members (excludes halogenated alkanes) is 3. The number of hydrogen-bond donors (Lipinski definition) is 2. The number of aliphatic hydroxyl groups is 1. The number of carbonyl (C=O) groups is 1. The van der Waals surface area contributed by atoms with Crippen LogP contribution in [0, 0.1) is 0 Å². The summed E-state index contributed by atoms with van der Waals surface area (Å²) in [5, 5.41) is 11.0. The van der Waals surface area contributed by atoms with Crippen LogP contribution in [0.4, 0.5) is 4.79 Å². The van der Waals surface area contributed by atoms with Crippen molar-refractivity contribution in [1.29, 1.82) is 0 Å². The predicted octanol–water partition coefficient (Wildman–Crippen LogP) is 2.09. The van der Waals surface area contributed by atoms with Crippen LogP contribution in [-0.2, 0) is 14.2 Å². The summed E-state index contributed by atoms with van der Waals surface area (Å²) in [7, 11) is 0. The van der Waals surface area contributed by atoms with E-state index < -0.39 is 6.09 Å². The van der Waals surface area contributed by atoms with E-state index in [0.717, 1.165) is 38.2 Å². The molecule has 0 unspecified atom stereocenters. The molecule has 0 bridgehead atoms. The van der Waals surface area contributed by atoms with Gasteiger partial charge in [0.2, 0.25) is 0 Å². The minimum atomic E-state index is -0.501. The second-order valence-corrected chi connectivity index (χ2v) is 4.89. The van der Waals surface area contributed by atoms with Crippen LogP contribution in [0.5, 0.6) is 0 Å². The summed E-state index contributed by atoms with van der Waals surface area (Å²) < 4.78 is 15.5. The molecular weight excluding hydrogens is 310 g/mol. The van der Waals surface area contributed by atoms with Gasteiger partial charge in [0.15, 0.2) is 0 Å². The zero-order chi connectivity index (χ0) is 16.3. The molecule has 0 aromatic carbocycles. The van der Waals surface area contributed by atoms with Gasteiger partial charge in [0.1, 0.15) is 6.61 Å². The van der Waals surface area contributed by atoms with Crippen LogP contribution in [-0.4, -0.2) is 63.3 Å². The van der Waals surface area contributed by atoms with Gasteiger partial charge in [-0.2, -0.15) is 0 Å². The zero-order valence-electron chi connectivity index (χ0n) is 13.1. The van der Waals surface area contributed by atoms with Gasteiger partial charge in [-0.3, -0.25) is 0 Å². The molecule has 0 fully saturated rings. The molecule has 0 radical (unpaired) electrons. The van der Waals surface area contributed by atoms with E-state index in [1.165, 1.54) is 6.08 Å². The molecule has 2 N–H and O–H groups in total. The van der Waals surface area contributed by atoms with Crippen LogP contribution in [0.25, 0.3) is 0 Å². The number of nitrogens with one attached hydrogen (secondary N) is 1. The first-order chi connectivity index (χ1) is 10.8. The first kappa shape index (κ1) is 21.2. The lowest BCUT2D eigenvalue weighted by Gasteiger charge is -2.07. The summed E-state index contributed by atoms with van der Waals surface area (Å²) in [6, 6.07) is 0. The minimum absolute atomic E-state index is 0.0612. The van der Waals surface area contributed by atoms with Crippen LogP contribution in [0.15, 0.2) is 12.2 Å². The molecule has 0 aromatic rings. The van der Waals surface area contributed by atoms with Crippen molar-refractivity contribution in [2.24, 2.45) is 0 Å². The van der Waals surface area contributed by atoms with Crippen molar-refractivity contribution in [2.75, 3.05) is 52.1 Å². The molecular formula is C15H28ClNO5. The molecule has 6 nitrogen and oxygen atoms in total. The van der Waals surface area contributed by atoms with E-state index in [-0.39, 0.29) is 13.2 Å². The lowest BCUT2D eigenvalue weighted by Crippen LogP contribution is -2.28. The predicted molar refractivity (Wildman–Crippen MR) is 86.4 cm³/mol. The van der Waals surface area contributed by atoms with Gasteiger partial charge in [0, 0.05) is 19.0 Å². The van der Waals surface area contributed by atoms with Gasteiger partial charge in [-0.1, -0.05) is 18.9 Å². The highest BCUT2D eigenvalue weighted by molar-refractivity contribution is 6.17. The Hall–Kier alpha value is -0.820. The third-order valence-corrected chi connectivity index (χ3v) is 2.91. The summed E-state index contributed by atoms with van der Waals surface area (Å²) in [4.78, 5) is 11.2. The number of amides is 1. The van der Waals surface area contributed by atoms with Crippen molar-refractivity contribution in [3.05, 3.63) is 12.2 Å². The quantitative estimate of drug-likeness (QED) is 0.272. The highest BCUT2D eigenvalue weighted by Gasteiger charge is 1.98. The highest BCUT2D eigenvalue weighted by Crippen LogP contribution is 2.00. The molecule has 0 saturated carbocycles. The minimum Gasteiger partial charge on any atom is -0.445 e. The normalized spacial score (nSPS) is 11.0. The van der Waals surface area contributed by atoms with Crippen LogP contribution >= 0.6 is 11.6 Å². The summed E-state index contributed by atoms with van der Waals surface area (Å²) in [6.45, 7) is 2.71. The largest absolute Gasteiger partial charge is 0.445 e. The highest BCUT2D eigenvalue weighted by atomic mass is 35.5. The molecule has 0 aliphatic heterocycles. The van der Waals surface area contributed by atoms with Crippen molar-refractivity contribution in [1.82, 2.24) is 5.32 Å². The van der Waals surface area contributed by atoms with Gasteiger partial charge < -0.3 is 24.6 Å². The van der Waals surface area contributed by atoms with E-state index in [9.17, 15) is 4.79 Å². The van der Waals surface area contributed by atoms with Gasteiger partial charge in [-0.05, 0) is 18.9 Å². The van der Waals surface area contributed by atoms with Gasteiger partial charge in [0.05, 0.1) is 26.4 Å². The fourth-order valence-corrected chi connectivity index (χ4v) is 1.71. The molecule has 0 rings (SSSR count). The van der Waals surface area contributed by atoms with E-state index in [1.54, 1.807) is 6.08 Å². The Labute approximate surface area is 137 Å². The first-order valence-electron chi connectivity index (χ1n) is 7.69. The number of aliphatic hydroxyl groups excluding tert-OH is 1. The molecule has 7 heteroatoms. The van der Waals surface area contributed by atoms with Gasteiger partial charge >= 0.3 is 6.09 Å². The molecule has 0 atom stereocenters. The van der Waals surface area contributed by atoms with Gasteiger partial charge in [-0.15, -0.1) is 11.6 Å². The Balaban J connectivity index is 3.13. The summed E-state index contributed by atoms with van der Waals surface area (Å²) in [5.41, 5.74) is 0. The average Bonchev–Trinajstić information content (AvgIpc) is 2.52. The van der Waals surface area contributed by atoms with E-state index in [2.05, 4.69) is 5.32 Å². The Morgan fingerprint density at radius 2 is 1.73 bits per heavy atom. The van der Waals surface area contributed by atoms with E-state index >= 15 is 0 Å². The van der Waals surface area contributed by atoms with Crippen molar-refractivity contribution >= 4 is 17.7 Å². The molecule has 130 valence electrons. The number of alkyl carbamates (subject to hydrolysis) is 1. The third kappa shape index (κ3) is 17.2. The van der Waals surface area contributed by atoms with Crippen molar-refractivity contribution in [3.8, 4) is 0 Å². The summed E-state index contributed by atoms with van der Waals surface area (Å²) in [6.07, 6.45) is 7.00. The van der Waals surface area contributed by atoms with Crippen LogP contribution in [0.1, 0.15) is 25.7 Å². The third-order valence-electron chi connectivity index (χ3n) is 2.64. The Morgan fingerprint density at radius 1 is 1.00 bits per heavy atom. The molecule has 0 heterocycles. The van der Waals surface area contributed by atoms with E-state index in [1.807, 2.05) is 0 Å². The standard InChI is InChI=1S/C15H28ClNO5/c16-7-3-1-2-5-10-20-13-14-21-12-8-17-15(19)22-11-6-4-9-18/h4,6,18H,1-3,5,7-14H2,(H,17,19)/b6-4-. The van der Waals surface area contributed by atoms with Crippen LogP contribution in [0.3, 0.4) is 0 Å². The number of alkyl halides is 1. The Morgan fingerprint density at radius 3 is 2.45 bits per heavy atom. The second kappa shape index (κ2) is 18.2. The first-order valence-corrected chi connectivity index (χ1v) is 8.22. The van der Waals surface area contributed by atoms with E-state index in [0.29, 0.717) is 26.4 Å². The molecule has 0 spiro atoms. The van der Waals surface area contributed by atoms with Crippen LogP contribution in [0.2, 0.25) is 0 Å². The molecule has 0 aliphatic rings. The van der Waals surface area contributed by atoms with Crippen molar-refractivity contribution in [3.63, 3.8) is 0 Å². The maximum atomic E-state index is 11.2. The van der Waals surface area contributed by atoms with E-state index in [4.69, 9.17) is 30.9 Å². The second-order valence-electron chi connectivity index (χ2n) is 4.51. The van der Waals surface area contributed by atoms with Crippen LogP contribution < -0.4 is 5.32 Å². The average molecular weight is 338 g/mol. The molecule has 22 heavy (non-hydrogen) atoms. The smallest absolute Gasteiger partial charge is 0.407 e. The zero-order valence-corrected chi connectivity index (χ0v) is 13.9. The fraction of sp³-hybridized carbons (Fsp3) is 0.800. The maximum absolute atomic E-state index is 11.2. The topological polar surface area (TPSA) is 77.0 Å². The SMILES string of the molecule is O=C(NCCOCCOCCCCCCCl)OC/C=C\CO. The Bertz CT molecular complexity index is 277. The number of rotatable bonds is 15. The molecule has 1 amide bonds. The van der Waals surface area contributed by atoms with Crippen molar-refractivity contribution < 1.29 is 24.1 Å². The lowest BCUT2D eigenvalue weighted by atomic mass is 10.2. The monoisotopic (exact) mass is 337 g/mol. The van der Waals surface area contributed by atoms with Gasteiger partial charge in [-0.25, -0.2) is 4.79 Å². The fourth-order valence-electron chi connectivity index (χ4n) is 1.52. The molecule has 0 aliphatic carbocycles. The summed E-state index contributed by atoms with van der Waals surface area (Å²) in [5.74, 6) is 0.732. The number of carbonyl (C=O) groups excluding carboxylic acids is 1. The number of hydrogen-bond acceptors (Lipinski definition) is 5. The Kier molecular flexibility index (Phi) is 17.6.